The van der Waals surface area contributed by atoms with E-state index in [0.717, 1.165) is 16.6 Å². The van der Waals surface area contributed by atoms with Crippen LogP contribution in [0.1, 0.15) is 25.5 Å². The largest absolute Gasteiger partial charge is 0.490 e. The molecule has 0 aliphatic carbocycles. The number of halogens is 4. The van der Waals surface area contributed by atoms with Crippen molar-refractivity contribution < 1.29 is 23.0 Å². The fourth-order valence-corrected chi connectivity index (χ4v) is 2.05. The first-order valence-electron chi connectivity index (χ1n) is 6.16. The Bertz CT molecular complexity index is 440. The van der Waals surface area contributed by atoms with Crippen molar-refractivity contribution in [2.45, 2.75) is 32.2 Å². The number of hydrogen-bond donors (Lipinski definition) is 2. The molecule has 0 aliphatic rings. The second kappa shape index (κ2) is 7.28. The molecule has 1 aromatic rings. The molecule has 0 radical (unpaired) electrons. The molecule has 114 valence electrons. The maximum atomic E-state index is 12.2. The summed E-state index contributed by atoms with van der Waals surface area (Å²) >= 11 is 3.31. The van der Waals surface area contributed by atoms with Gasteiger partial charge in [0.05, 0.1) is 0 Å². The number of aliphatic hydroxyl groups excluding tert-OH is 1. The molecule has 1 rings (SSSR count). The molecule has 1 aromatic carbocycles. The summed E-state index contributed by atoms with van der Waals surface area (Å²) < 4.78 is 42.7. The van der Waals surface area contributed by atoms with Gasteiger partial charge in [-0.1, -0.05) is 22.9 Å². The molecule has 0 bridgehead atoms. The molecule has 0 saturated carbocycles. The van der Waals surface area contributed by atoms with Gasteiger partial charge in [-0.2, -0.15) is 13.2 Å². The van der Waals surface area contributed by atoms with Gasteiger partial charge in [-0.25, -0.2) is 0 Å². The van der Waals surface area contributed by atoms with Crippen molar-refractivity contribution in [1.82, 2.24) is 5.32 Å². The summed E-state index contributed by atoms with van der Waals surface area (Å²) in [5.74, 6) is 0.324. The summed E-state index contributed by atoms with van der Waals surface area (Å²) in [6.07, 6.45) is -7.17. The number of alkyl halides is 3. The Morgan fingerprint density at radius 3 is 2.60 bits per heavy atom. The minimum atomic E-state index is -4.68. The van der Waals surface area contributed by atoms with Crippen LogP contribution < -0.4 is 10.1 Å². The quantitative estimate of drug-likeness (QED) is 0.821. The Morgan fingerprint density at radius 1 is 1.40 bits per heavy atom. The average Bonchev–Trinajstić information content (AvgIpc) is 2.36. The zero-order valence-corrected chi connectivity index (χ0v) is 12.8. The fourth-order valence-electron chi connectivity index (χ4n) is 1.67. The summed E-state index contributed by atoms with van der Waals surface area (Å²) in [6, 6.07) is 4.96. The van der Waals surface area contributed by atoms with Crippen LogP contribution in [-0.4, -0.2) is 30.5 Å². The Balaban J connectivity index is 2.84. The second-order valence-electron chi connectivity index (χ2n) is 4.33. The zero-order valence-electron chi connectivity index (χ0n) is 11.2. The lowest BCUT2D eigenvalue weighted by Gasteiger charge is -2.20. The SMILES string of the molecule is CCNC(C)c1cc(Br)ccc1OCC(O)C(F)(F)F. The highest BCUT2D eigenvalue weighted by molar-refractivity contribution is 9.10. The van der Waals surface area contributed by atoms with Crippen molar-refractivity contribution in [3.8, 4) is 5.75 Å². The third kappa shape index (κ3) is 4.96. The number of hydrogen-bond acceptors (Lipinski definition) is 3. The molecule has 0 spiro atoms. The van der Waals surface area contributed by atoms with E-state index in [4.69, 9.17) is 9.84 Å². The molecule has 0 heterocycles. The fraction of sp³-hybridized carbons (Fsp3) is 0.538. The molecule has 0 saturated heterocycles. The zero-order chi connectivity index (χ0) is 15.3. The van der Waals surface area contributed by atoms with Crippen molar-refractivity contribution >= 4 is 15.9 Å². The molecule has 2 N–H and O–H groups in total. The molecule has 7 heteroatoms. The lowest BCUT2D eigenvalue weighted by molar-refractivity contribution is -0.210. The van der Waals surface area contributed by atoms with E-state index in [1.54, 1.807) is 18.2 Å². The smallest absolute Gasteiger partial charge is 0.417 e. The van der Waals surface area contributed by atoms with Crippen LogP contribution in [0.4, 0.5) is 13.2 Å². The normalized spacial score (nSPS) is 14.9. The predicted molar refractivity (Wildman–Crippen MR) is 73.8 cm³/mol. The molecule has 2 atom stereocenters. The number of benzene rings is 1. The maximum Gasteiger partial charge on any atom is 0.417 e. The molecule has 0 aliphatic heterocycles. The van der Waals surface area contributed by atoms with Crippen LogP contribution in [0.25, 0.3) is 0 Å². The Morgan fingerprint density at radius 2 is 2.05 bits per heavy atom. The highest BCUT2D eigenvalue weighted by Crippen LogP contribution is 2.29. The Labute approximate surface area is 124 Å². The van der Waals surface area contributed by atoms with Gasteiger partial charge in [-0.15, -0.1) is 0 Å². The number of rotatable bonds is 6. The number of ether oxygens (including phenoxy) is 1. The number of aliphatic hydroxyl groups is 1. The highest BCUT2D eigenvalue weighted by atomic mass is 79.9. The van der Waals surface area contributed by atoms with E-state index < -0.39 is 18.9 Å². The van der Waals surface area contributed by atoms with Gasteiger partial charge in [0.15, 0.2) is 6.10 Å². The average molecular weight is 356 g/mol. The van der Waals surface area contributed by atoms with Crippen LogP contribution in [-0.2, 0) is 0 Å². The van der Waals surface area contributed by atoms with Crippen molar-refractivity contribution in [2.75, 3.05) is 13.2 Å². The van der Waals surface area contributed by atoms with E-state index in [9.17, 15) is 13.2 Å². The van der Waals surface area contributed by atoms with Crippen molar-refractivity contribution in [2.24, 2.45) is 0 Å². The monoisotopic (exact) mass is 355 g/mol. The minimum Gasteiger partial charge on any atom is -0.490 e. The van der Waals surface area contributed by atoms with Crippen LogP contribution in [0.5, 0.6) is 5.75 Å². The van der Waals surface area contributed by atoms with Crippen LogP contribution >= 0.6 is 15.9 Å². The molecule has 0 amide bonds. The van der Waals surface area contributed by atoms with Crippen LogP contribution in [0, 0.1) is 0 Å². The molecule has 0 fully saturated rings. The highest BCUT2D eigenvalue weighted by Gasteiger charge is 2.38. The Kier molecular flexibility index (Phi) is 6.29. The van der Waals surface area contributed by atoms with Gasteiger partial charge < -0.3 is 15.2 Å². The van der Waals surface area contributed by atoms with E-state index in [1.807, 2.05) is 13.8 Å². The lowest BCUT2D eigenvalue weighted by atomic mass is 10.1. The van der Waals surface area contributed by atoms with Crippen LogP contribution in [0.3, 0.4) is 0 Å². The molecule has 2 unspecified atom stereocenters. The van der Waals surface area contributed by atoms with E-state index in [-0.39, 0.29) is 6.04 Å². The van der Waals surface area contributed by atoms with Crippen molar-refractivity contribution in [3.63, 3.8) is 0 Å². The van der Waals surface area contributed by atoms with Gasteiger partial charge in [0.1, 0.15) is 12.4 Å². The van der Waals surface area contributed by atoms with Crippen molar-refractivity contribution in [3.05, 3.63) is 28.2 Å². The van der Waals surface area contributed by atoms with Gasteiger partial charge >= 0.3 is 6.18 Å². The van der Waals surface area contributed by atoms with Crippen molar-refractivity contribution in [1.29, 1.82) is 0 Å². The predicted octanol–water partition coefficient (Wildman–Crippen LogP) is 3.42. The first-order valence-corrected chi connectivity index (χ1v) is 6.95. The third-order valence-electron chi connectivity index (χ3n) is 2.72. The molecule has 0 aromatic heterocycles. The number of nitrogens with one attached hydrogen (secondary N) is 1. The standard InChI is InChI=1S/C13H17BrF3NO2/c1-3-18-8(2)10-6-9(14)4-5-11(10)20-7-12(19)13(15,16)17/h4-6,8,12,18-19H,3,7H2,1-2H3. The first kappa shape index (κ1) is 17.3. The summed E-state index contributed by atoms with van der Waals surface area (Å²) in [5, 5.41) is 12.1. The van der Waals surface area contributed by atoms with E-state index in [0.29, 0.717) is 5.75 Å². The first-order chi connectivity index (χ1) is 9.25. The lowest BCUT2D eigenvalue weighted by Crippen LogP contribution is -2.34. The van der Waals surface area contributed by atoms with Gasteiger partial charge in [0.2, 0.25) is 0 Å². The summed E-state index contributed by atoms with van der Waals surface area (Å²) in [4.78, 5) is 0. The minimum absolute atomic E-state index is 0.0736. The van der Waals surface area contributed by atoms with Crippen LogP contribution in [0.15, 0.2) is 22.7 Å². The van der Waals surface area contributed by atoms with Gasteiger partial charge in [0.25, 0.3) is 0 Å². The van der Waals surface area contributed by atoms with Gasteiger partial charge in [-0.05, 0) is 31.7 Å². The topological polar surface area (TPSA) is 41.5 Å². The van der Waals surface area contributed by atoms with Gasteiger partial charge in [0, 0.05) is 16.1 Å². The molecular formula is C13H17BrF3NO2. The summed E-state index contributed by atoms with van der Waals surface area (Å²) in [7, 11) is 0. The Hall–Kier alpha value is -0.790. The van der Waals surface area contributed by atoms with E-state index in [2.05, 4.69) is 21.2 Å². The maximum absolute atomic E-state index is 12.2. The second-order valence-corrected chi connectivity index (χ2v) is 5.25. The third-order valence-corrected chi connectivity index (χ3v) is 3.22. The van der Waals surface area contributed by atoms with E-state index >= 15 is 0 Å². The summed E-state index contributed by atoms with van der Waals surface area (Å²) in [5.41, 5.74) is 0.732. The molecule has 3 nitrogen and oxygen atoms in total. The molecular weight excluding hydrogens is 339 g/mol. The van der Waals surface area contributed by atoms with E-state index in [1.165, 1.54) is 0 Å². The molecule has 20 heavy (non-hydrogen) atoms. The van der Waals surface area contributed by atoms with Gasteiger partial charge in [-0.3, -0.25) is 0 Å². The van der Waals surface area contributed by atoms with Crippen LogP contribution in [0.2, 0.25) is 0 Å². The summed E-state index contributed by atoms with van der Waals surface area (Å²) in [6.45, 7) is 3.72.